The molecule has 4 rings (SSSR count). The zero-order valence-corrected chi connectivity index (χ0v) is 14.7. The predicted octanol–water partition coefficient (Wildman–Crippen LogP) is 3.89. The van der Waals surface area contributed by atoms with Crippen molar-refractivity contribution in [1.82, 2.24) is 15.5 Å². The standard InChI is InChI=1S/C19H15N3O3S/c1-24-15-9-8-14(12-5-2-3-6-13(12)15)18(23)20-11-17-21-22-19(25-17)16-7-4-10-26-16/h2-10H,11H2,1H3,(H,20,23). The van der Waals surface area contributed by atoms with E-state index in [0.29, 0.717) is 17.3 Å². The SMILES string of the molecule is COc1ccc(C(=O)NCc2nnc(-c3cccs3)o2)c2ccccc12. The monoisotopic (exact) mass is 365 g/mol. The minimum atomic E-state index is -0.209. The zero-order chi connectivity index (χ0) is 17.9. The van der Waals surface area contributed by atoms with Crippen LogP contribution >= 0.6 is 11.3 Å². The Hall–Kier alpha value is -3.19. The molecule has 0 aliphatic heterocycles. The quantitative estimate of drug-likeness (QED) is 0.581. The number of thiophene rings is 1. The molecular formula is C19H15N3O3S. The number of methoxy groups -OCH3 is 1. The molecule has 1 N–H and O–H groups in total. The van der Waals surface area contributed by atoms with Crippen molar-refractivity contribution in [3.05, 3.63) is 65.4 Å². The lowest BCUT2D eigenvalue weighted by atomic mass is 10.0. The Bertz CT molecular complexity index is 1060. The van der Waals surface area contributed by atoms with Crippen molar-refractivity contribution >= 4 is 28.0 Å². The molecule has 2 heterocycles. The summed E-state index contributed by atoms with van der Waals surface area (Å²) < 4.78 is 11.0. The molecule has 2 aromatic carbocycles. The number of carbonyl (C=O) groups excluding carboxylic acids is 1. The maximum atomic E-state index is 12.6. The topological polar surface area (TPSA) is 77.2 Å². The van der Waals surface area contributed by atoms with E-state index < -0.39 is 0 Å². The van der Waals surface area contributed by atoms with E-state index in [-0.39, 0.29) is 12.5 Å². The summed E-state index contributed by atoms with van der Waals surface area (Å²) in [4.78, 5) is 13.5. The maximum Gasteiger partial charge on any atom is 0.257 e. The molecule has 0 unspecified atom stereocenters. The number of nitrogens with one attached hydrogen (secondary N) is 1. The Morgan fingerprint density at radius 3 is 2.73 bits per heavy atom. The highest BCUT2D eigenvalue weighted by molar-refractivity contribution is 7.13. The van der Waals surface area contributed by atoms with Gasteiger partial charge in [-0.05, 0) is 29.0 Å². The third-order valence-corrected chi connectivity index (χ3v) is 4.81. The molecule has 6 nitrogen and oxygen atoms in total. The number of hydrogen-bond donors (Lipinski definition) is 1. The molecule has 0 saturated heterocycles. The van der Waals surface area contributed by atoms with Gasteiger partial charge in [0, 0.05) is 10.9 Å². The van der Waals surface area contributed by atoms with Crippen molar-refractivity contribution < 1.29 is 13.9 Å². The number of rotatable bonds is 5. The van der Waals surface area contributed by atoms with Crippen LogP contribution in [-0.2, 0) is 6.54 Å². The summed E-state index contributed by atoms with van der Waals surface area (Å²) in [5.74, 6) is 1.34. The third-order valence-electron chi connectivity index (χ3n) is 3.95. The van der Waals surface area contributed by atoms with E-state index >= 15 is 0 Å². The number of carbonyl (C=O) groups is 1. The molecule has 0 aliphatic rings. The first-order valence-electron chi connectivity index (χ1n) is 7.96. The average Bonchev–Trinajstić information content (AvgIpc) is 3.36. The fraction of sp³-hybridized carbons (Fsp3) is 0.105. The predicted molar refractivity (Wildman–Crippen MR) is 99.3 cm³/mol. The highest BCUT2D eigenvalue weighted by atomic mass is 32.1. The highest BCUT2D eigenvalue weighted by Gasteiger charge is 2.14. The van der Waals surface area contributed by atoms with Crippen LogP contribution in [0, 0.1) is 0 Å². The largest absolute Gasteiger partial charge is 0.496 e. The van der Waals surface area contributed by atoms with Crippen molar-refractivity contribution in [2.75, 3.05) is 7.11 Å². The van der Waals surface area contributed by atoms with E-state index in [2.05, 4.69) is 15.5 Å². The molecule has 0 saturated carbocycles. The van der Waals surface area contributed by atoms with Gasteiger partial charge in [0.2, 0.25) is 5.89 Å². The molecule has 4 aromatic rings. The summed E-state index contributed by atoms with van der Waals surface area (Å²) in [6.45, 7) is 0.164. The molecule has 130 valence electrons. The number of nitrogens with zero attached hydrogens (tertiary/aromatic N) is 2. The zero-order valence-electron chi connectivity index (χ0n) is 13.9. The smallest absolute Gasteiger partial charge is 0.257 e. The summed E-state index contributed by atoms with van der Waals surface area (Å²) in [6.07, 6.45) is 0. The lowest BCUT2D eigenvalue weighted by Crippen LogP contribution is -2.23. The molecule has 2 aromatic heterocycles. The van der Waals surface area contributed by atoms with Gasteiger partial charge in [0.25, 0.3) is 11.8 Å². The minimum Gasteiger partial charge on any atom is -0.496 e. The maximum absolute atomic E-state index is 12.6. The number of fused-ring (bicyclic) bond motifs is 1. The molecular weight excluding hydrogens is 350 g/mol. The van der Waals surface area contributed by atoms with Gasteiger partial charge in [-0.1, -0.05) is 30.3 Å². The van der Waals surface area contributed by atoms with Gasteiger partial charge >= 0.3 is 0 Å². The van der Waals surface area contributed by atoms with Crippen molar-refractivity contribution in [1.29, 1.82) is 0 Å². The molecule has 0 aliphatic carbocycles. The van der Waals surface area contributed by atoms with Crippen LogP contribution in [0.1, 0.15) is 16.2 Å². The normalized spacial score (nSPS) is 10.8. The second-order valence-electron chi connectivity index (χ2n) is 5.52. The van der Waals surface area contributed by atoms with Gasteiger partial charge in [0.05, 0.1) is 18.5 Å². The first-order chi connectivity index (χ1) is 12.8. The third kappa shape index (κ3) is 3.04. The molecule has 7 heteroatoms. The number of aromatic nitrogens is 2. The summed E-state index contributed by atoms with van der Waals surface area (Å²) >= 11 is 1.52. The van der Waals surface area contributed by atoms with Crippen LogP contribution in [0.3, 0.4) is 0 Å². The Morgan fingerprint density at radius 2 is 1.96 bits per heavy atom. The minimum absolute atomic E-state index is 0.164. The van der Waals surface area contributed by atoms with Crippen LogP contribution in [0.4, 0.5) is 0 Å². The number of hydrogen-bond acceptors (Lipinski definition) is 6. The number of ether oxygens (including phenoxy) is 1. The summed E-state index contributed by atoms with van der Waals surface area (Å²) in [6, 6.07) is 15.0. The lowest BCUT2D eigenvalue weighted by molar-refractivity contribution is 0.0949. The second-order valence-corrected chi connectivity index (χ2v) is 6.47. The molecule has 1 amide bonds. The summed E-state index contributed by atoms with van der Waals surface area (Å²) in [5, 5.41) is 14.5. The van der Waals surface area contributed by atoms with Gasteiger partial charge in [0.1, 0.15) is 5.75 Å². The van der Waals surface area contributed by atoms with Crippen LogP contribution in [0.5, 0.6) is 5.75 Å². The molecule has 0 radical (unpaired) electrons. The van der Waals surface area contributed by atoms with Crippen molar-refractivity contribution in [2.45, 2.75) is 6.54 Å². The summed E-state index contributed by atoms with van der Waals surface area (Å²) in [5.41, 5.74) is 0.569. The van der Waals surface area contributed by atoms with E-state index in [9.17, 15) is 4.79 Å². The van der Waals surface area contributed by atoms with Gasteiger partial charge in [-0.15, -0.1) is 21.5 Å². The van der Waals surface area contributed by atoms with Gasteiger partial charge in [0.15, 0.2) is 0 Å². The van der Waals surface area contributed by atoms with Crippen molar-refractivity contribution in [2.24, 2.45) is 0 Å². The van der Waals surface area contributed by atoms with E-state index in [1.807, 2.05) is 41.8 Å². The van der Waals surface area contributed by atoms with Gasteiger partial charge < -0.3 is 14.5 Å². The van der Waals surface area contributed by atoms with Crippen LogP contribution in [0.15, 0.2) is 58.3 Å². The highest BCUT2D eigenvalue weighted by Crippen LogP contribution is 2.28. The van der Waals surface area contributed by atoms with Crippen LogP contribution in [-0.4, -0.2) is 23.2 Å². The van der Waals surface area contributed by atoms with Crippen molar-refractivity contribution in [3.8, 4) is 16.5 Å². The number of amides is 1. The molecule has 0 bridgehead atoms. The number of benzene rings is 2. The molecule has 0 fully saturated rings. The Kier molecular flexibility index (Phi) is 4.37. The first kappa shape index (κ1) is 16.3. The van der Waals surface area contributed by atoms with Crippen LogP contribution in [0.25, 0.3) is 21.5 Å². The fourth-order valence-electron chi connectivity index (χ4n) is 2.72. The van der Waals surface area contributed by atoms with E-state index in [1.54, 1.807) is 19.2 Å². The Morgan fingerprint density at radius 1 is 1.12 bits per heavy atom. The second kappa shape index (κ2) is 6.97. The van der Waals surface area contributed by atoms with Gasteiger partial charge in [-0.2, -0.15) is 0 Å². The van der Waals surface area contributed by atoms with Crippen LogP contribution < -0.4 is 10.1 Å². The molecule has 0 atom stereocenters. The van der Waals surface area contributed by atoms with Gasteiger partial charge in [-0.25, -0.2) is 0 Å². The van der Waals surface area contributed by atoms with E-state index in [1.165, 1.54) is 11.3 Å². The lowest BCUT2D eigenvalue weighted by Gasteiger charge is -2.10. The molecule has 26 heavy (non-hydrogen) atoms. The van der Waals surface area contributed by atoms with Gasteiger partial charge in [-0.3, -0.25) is 4.79 Å². The fourth-order valence-corrected chi connectivity index (χ4v) is 3.37. The van der Waals surface area contributed by atoms with E-state index in [0.717, 1.165) is 21.4 Å². The average molecular weight is 365 g/mol. The Labute approximate surface area is 153 Å². The Balaban J connectivity index is 1.53. The molecule has 0 spiro atoms. The van der Waals surface area contributed by atoms with Crippen molar-refractivity contribution in [3.63, 3.8) is 0 Å². The first-order valence-corrected chi connectivity index (χ1v) is 8.84. The van der Waals surface area contributed by atoms with Crippen LogP contribution in [0.2, 0.25) is 0 Å². The van der Waals surface area contributed by atoms with E-state index in [4.69, 9.17) is 9.15 Å². The summed E-state index contributed by atoms with van der Waals surface area (Å²) in [7, 11) is 1.61.